The van der Waals surface area contributed by atoms with Crippen LogP contribution in [0.4, 0.5) is 4.39 Å². The summed E-state index contributed by atoms with van der Waals surface area (Å²) < 4.78 is 12.7. The Balaban J connectivity index is 2.01. The van der Waals surface area contributed by atoms with Gasteiger partial charge in [0.15, 0.2) is 0 Å². The van der Waals surface area contributed by atoms with Gasteiger partial charge in [0.25, 0.3) is 0 Å². The van der Waals surface area contributed by atoms with Gasteiger partial charge in [0, 0.05) is 17.9 Å². The second-order valence-corrected chi connectivity index (χ2v) is 5.38. The molecule has 0 heterocycles. The molecule has 106 valence electrons. The van der Waals surface area contributed by atoms with E-state index in [1.807, 2.05) is 7.05 Å². The highest BCUT2D eigenvalue weighted by Gasteiger charge is 2.00. The van der Waals surface area contributed by atoms with Crippen molar-refractivity contribution in [3.8, 4) is 0 Å². The van der Waals surface area contributed by atoms with Crippen LogP contribution in [-0.4, -0.2) is 31.8 Å². The van der Waals surface area contributed by atoms with Crippen LogP contribution >= 0.6 is 11.8 Å². The van der Waals surface area contributed by atoms with Crippen molar-refractivity contribution in [3.05, 3.63) is 30.1 Å². The van der Waals surface area contributed by atoms with Crippen LogP contribution in [0.3, 0.4) is 0 Å². The first-order valence-electron chi connectivity index (χ1n) is 6.52. The third-order valence-electron chi connectivity index (χ3n) is 2.56. The fraction of sp³-hybridized carbons (Fsp3) is 0.500. The van der Waals surface area contributed by atoms with E-state index in [4.69, 9.17) is 0 Å². The van der Waals surface area contributed by atoms with Gasteiger partial charge >= 0.3 is 0 Å². The topological polar surface area (TPSA) is 41.1 Å². The molecular weight excluding hydrogens is 263 g/mol. The Kier molecular flexibility index (Phi) is 8.25. The molecule has 1 rings (SSSR count). The summed E-state index contributed by atoms with van der Waals surface area (Å²) >= 11 is 1.67. The van der Waals surface area contributed by atoms with Gasteiger partial charge in [-0.05, 0) is 56.5 Å². The number of halogens is 1. The number of rotatable bonds is 9. The van der Waals surface area contributed by atoms with Crippen molar-refractivity contribution in [1.29, 1.82) is 0 Å². The van der Waals surface area contributed by atoms with Gasteiger partial charge in [-0.1, -0.05) is 0 Å². The monoisotopic (exact) mass is 284 g/mol. The lowest BCUT2D eigenvalue weighted by atomic mass is 10.3. The maximum Gasteiger partial charge on any atom is 0.220 e. The number of nitrogens with one attached hydrogen (secondary N) is 2. The average Bonchev–Trinajstić information content (AvgIpc) is 2.41. The molecule has 0 aromatic heterocycles. The molecule has 0 aliphatic heterocycles. The van der Waals surface area contributed by atoms with E-state index >= 15 is 0 Å². The summed E-state index contributed by atoms with van der Waals surface area (Å²) in [5.74, 6) is 0.822. The molecule has 0 saturated carbocycles. The largest absolute Gasteiger partial charge is 0.356 e. The number of thioether (sulfide) groups is 1. The Morgan fingerprint density at radius 1 is 1.21 bits per heavy atom. The summed E-state index contributed by atoms with van der Waals surface area (Å²) in [7, 11) is 1.88. The van der Waals surface area contributed by atoms with Crippen molar-refractivity contribution in [2.24, 2.45) is 0 Å². The molecule has 0 saturated heterocycles. The van der Waals surface area contributed by atoms with Crippen LogP contribution in [0.1, 0.15) is 19.3 Å². The highest BCUT2D eigenvalue weighted by Crippen LogP contribution is 2.18. The fourth-order valence-corrected chi connectivity index (χ4v) is 2.39. The van der Waals surface area contributed by atoms with Gasteiger partial charge in [0.05, 0.1) is 0 Å². The molecule has 19 heavy (non-hydrogen) atoms. The van der Waals surface area contributed by atoms with Gasteiger partial charge in [-0.3, -0.25) is 4.79 Å². The van der Waals surface area contributed by atoms with Crippen LogP contribution in [-0.2, 0) is 4.79 Å². The fourth-order valence-electron chi connectivity index (χ4n) is 1.53. The molecule has 0 unspecified atom stereocenters. The molecule has 0 aliphatic carbocycles. The zero-order valence-corrected chi connectivity index (χ0v) is 12.1. The van der Waals surface area contributed by atoms with E-state index in [0.29, 0.717) is 13.0 Å². The Bertz CT molecular complexity index is 370. The maximum atomic E-state index is 12.7. The van der Waals surface area contributed by atoms with Crippen molar-refractivity contribution < 1.29 is 9.18 Å². The molecule has 0 atom stereocenters. The molecule has 0 radical (unpaired) electrons. The summed E-state index contributed by atoms with van der Waals surface area (Å²) in [4.78, 5) is 12.5. The van der Waals surface area contributed by atoms with Crippen LogP contribution in [0.25, 0.3) is 0 Å². The minimum Gasteiger partial charge on any atom is -0.356 e. The molecule has 0 fully saturated rings. The molecule has 1 aromatic carbocycles. The molecule has 0 bridgehead atoms. The Morgan fingerprint density at radius 2 is 1.95 bits per heavy atom. The minimum absolute atomic E-state index is 0.113. The van der Waals surface area contributed by atoms with E-state index in [0.717, 1.165) is 30.0 Å². The SMILES string of the molecule is CNCCCC(=O)NCCCSc1ccc(F)cc1. The summed E-state index contributed by atoms with van der Waals surface area (Å²) in [5.41, 5.74) is 0. The number of carbonyl (C=O) groups excluding carboxylic acids is 1. The second-order valence-electron chi connectivity index (χ2n) is 4.21. The lowest BCUT2D eigenvalue weighted by Crippen LogP contribution is -2.25. The van der Waals surface area contributed by atoms with Crippen LogP contribution in [0.15, 0.2) is 29.2 Å². The zero-order chi connectivity index (χ0) is 13.9. The predicted octanol–water partition coefficient (Wildman–Crippen LogP) is 2.42. The highest BCUT2D eigenvalue weighted by atomic mass is 32.2. The van der Waals surface area contributed by atoms with E-state index in [1.54, 1.807) is 23.9 Å². The van der Waals surface area contributed by atoms with E-state index in [9.17, 15) is 9.18 Å². The van der Waals surface area contributed by atoms with Gasteiger partial charge < -0.3 is 10.6 Å². The molecule has 5 heteroatoms. The summed E-state index contributed by atoms with van der Waals surface area (Å²) in [5, 5.41) is 5.91. The molecular formula is C14H21FN2OS. The first-order chi connectivity index (χ1) is 9.22. The third-order valence-corrected chi connectivity index (χ3v) is 3.65. The van der Waals surface area contributed by atoms with Crippen molar-refractivity contribution in [2.75, 3.05) is 25.9 Å². The van der Waals surface area contributed by atoms with Gasteiger partial charge in [-0.15, -0.1) is 11.8 Å². The van der Waals surface area contributed by atoms with Crippen LogP contribution in [0.5, 0.6) is 0 Å². The molecule has 1 amide bonds. The van der Waals surface area contributed by atoms with Crippen molar-refractivity contribution in [3.63, 3.8) is 0 Å². The zero-order valence-electron chi connectivity index (χ0n) is 11.2. The first kappa shape index (κ1) is 16.0. The van der Waals surface area contributed by atoms with E-state index in [-0.39, 0.29) is 11.7 Å². The Morgan fingerprint density at radius 3 is 2.63 bits per heavy atom. The summed E-state index contributed by atoms with van der Waals surface area (Å²) in [6, 6.07) is 6.48. The van der Waals surface area contributed by atoms with Crippen molar-refractivity contribution in [1.82, 2.24) is 10.6 Å². The highest BCUT2D eigenvalue weighted by molar-refractivity contribution is 7.99. The summed E-state index contributed by atoms with van der Waals surface area (Å²) in [6.07, 6.45) is 2.36. The van der Waals surface area contributed by atoms with Gasteiger partial charge in [-0.25, -0.2) is 4.39 Å². The number of amides is 1. The minimum atomic E-state index is -0.210. The smallest absolute Gasteiger partial charge is 0.220 e. The Hall–Kier alpha value is -1.07. The van der Waals surface area contributed by atoms with E-state index in [2.05, 4.69) is 10.6 Å². The normalized spacial score (nSPS) is 10.4. The van der Waals surface area contributed by atoms with Crippen molar-refractivity contribution >= 4 is 17.7 Å². The van der Waals surface area contributed by atoms with Gasteiger partial charge in [-0.2, -0.15) is 0 Å². The molecule has 1 aromatic rings. The molecule has 0 spiro atoms. The Labute approximate surface area is 118 Å². The summed E-state index contributed by atoms with van der Waals surface area (Å²) in [6.45, 7) is 1.57. The standard InChI is InChI=1S/C14H21FN2OS/c1-16-9-2-4-14(18)17-10-3-11-19-13-7-5-12(15)6-8-13/h5-8,16H,2-4,9-11H2,1H3,(H,17,18). The quantitative estimate of drug-likeness (QED) is 0.540. The lowest BCUT2D eigenvalue weighted by Gasteiger charge is -2.05. The number of benzene rings is 1. The second kappa shape index (κ2) is 9.81. The average molecular weight is 284 g/mol. The number of hydrogen-bond donors (Lipinski definition) is 2. The third kappa shape index (κ3) is 7.85. The van der Waals surface area contributed by atoms with Gasteiger partial charge in [0.2, 0.25) is 5.91 Å². The van der Waals surface area contributed by atoms with Crippen LogP contribution < -0.4 is 10.6 Å². The molecule has 3 nitrogen and oxygen atoms in total. The lowest BCUT2D eigenvalue weighted by molar-refractivity contribution is -0.121. The predicted molar refractivity (Wildman–Crippen MR) is 77.9 cm³/mol. The molecule has 2 N–H and O–H groups in total. The van der Waals surface area contributed by atoms with Crippen molar-refractivity contribution in [2.45, 2.75) is 24.2 Å². The van der Waals surface area contributed by atoms with Crippen LogP contribution in [0.2, 0.25) is 0 Å². The maximum absolute atomic E-state index is 12.7. The number of carbonyl (C=O) groups is 1. The van der Waals surface area contributed by atoms with Gasteiger partial charge in [0.1, 0.15) is 5.82 Å². The van der Waals surface area contributed by atoms with Crippen LogP contribution in [0, 0.1) is 5.82 Å². The first-order valence-corrected chi connectivity index (χ1v) is 7.50. The van der Waals surface area contributed by atoms with E-state index < -0.39 is 0 Å². The number of hydrogen-bond acceptors (Lipinski definition) is 3. The molecule has 0 aliphatic rings. The van der Waals surface area contributed by atoms with E-state index in [1.165, 1.54) is 12.1 Å².